The van der Waals surface area contributed by atoms with E-state index in [1.54, 1.807) is 35.0 Å². The highest BCUT2D eigenvalue weighted by Crippen LogP contribution is 2.16. The molecule has 0 spiro atoms. The largest absolute Gasteiger partial charge is 0.508 e. The smallest absolute Gasteiger partial charge is 0.358 e. The molecular weight excluding hydrogens is 220 g/mol. The topological polar surface area (TPSA) is 64.3 Å². The molecular formula is C12H12N2O3. The Morgan fingerprint density at radius 2 is 2.00 bits per heavy atom. The van der Waals surface area contributed by atoms with Gasteiger partial charge in [-0.05, 0) is 37.3 Å². The van der Waals surface area contributed by atoms with Gasteiger partial charge in [0.1, 0.15) is 5.75 Å². The standard InChI is InChI=1S/C12H12N2O3/c1-8-7-11(12(16)17-2)13-14(8)9-3-5-10(15)6-4-9/h3-7,15H,1-2H3. The molecule has 0 fully saturated rings. The van der Waals surface area contributed by atoms with Crippen LogP contribution in [0.3, 0.4) is 0 Å². The number of methoxy groups -OCH3 is 1. The van der Waals surface area contributed by atoms with E-state index in [1.165, 1.54) is 7.11 Å². The Bertz CT molecular complexity index is 543. The average molecular weight is 232 g/mol. The predicted molar refractivity (Wildman–Crippen MR) is 61.3 cm³/mol. The lowest BCUT2D eigenvalue weighted by Gasteiger charge is -2.03. The lowest BCUT2D eigenvalue weighted by Crippen LogP contribution is -2.04. The predicted octanol–water partition coefficient (Wildman–Crippen LogP) is 1.67. The zero-order chi connectivity index (χ0) is 12.4. The second-order valence-electron chi connectivity index (χ2n) is 3.59. The maximum absolute atomic E-state index is 11.3. The number of benzene rings is 1. The van der Waals surface area contributed by atoms with Crippen LogP contribution >= 0.6 is 0 Å². The van der Waals surface area contributed by atoms with Crippen molar-refractivity contribution in [2.45, 2.75) is 6.92 Å². The van der Waals surface area contributed by atoms with E-state index in [9.17, 15) is 9.90 Å². The SMILES string of the molecule is COC(=O)c1cc(C)n(-c2ccc(O)cc2)n1. The molecule has 0 saturated heterocycles. The number of carbonyl (C=O) groups is 1. The van der Waals surface area contributed by atoms with Crippen LogP contribution in [-0.2, 0) is 4.74 Å². The van der Waals surface area contributed by atoms with Crippen LogP contribution in [0.2, 0.25) is 0 Å². The molecule has 0 saturated carbocycles. The number of ether oxygens (including phenoxy) is 1. The number of nitrogens with zero attached hydrogens (tertiary/aromatic N) is 2. The minimum atomic E-state index is -0.467. The van der Waals surface area contributed by atoms with Crippen LogP contribution in [-0.4, -0.2) is 28.0 Å². The minimum Gasteiger partial charge on any atom is -0.508 e. The number of carbonyl (C=O) groups excluding carboxylic acids is 1. The van der Waals surface area contributed by atoms with Crippen LogP contribution < -0.4 is 0 Å². The second kappa shape index (κ2) is 4.29. The highest BCUT2D eigenvalue weighted by Gasteiger charge is 2.13. The first kappa shape index (κ1) is 11.2. The Morgan fingerprint density at radius 1 is 1.35 bits per heavy atom. The molecule has 0 unspecified atom stereocenters. The number of esters is 1. The molecule has 0 aliphatic rings. The van der Waals surface area contributed by atoms with E-state index in [1.807, 2.05) is 6.92 Å². The van der Waals surface area contributed by atoms with E-state index >= 15 is 0 Å². The lowest BCUT2D eigenvalue weighted by molar-refractivity contribution is 0.0593. The number of rotatable bonds is 2. The van der Waals surface area contributed by atoms with Crippen LogP contribution in [0.15, 0.2) is 30.3 Å². The molecule has 5 heteroatoms. The summed E-state index contributed by atoms with van der Waals surface area (Å²) in [6.45, 7) is 1.84. The van der Waals surface area contributed by atoms with Gasteiger partial charge >= 0.3 is 5.97 Å². The first-order valence-corrected chi connectivity index (χ1v) is 5.06. The molecule has 0 amide bonds. The van der Waals surface area contributed by atoms with Gasteiger partial charge in [0.2, 0.25) is 0 Å². The van der Waals surface area contributed by atoms with Gasteiger partial charge in [-0.25, -0.2) is 9.48 Å². The van der Waals surface area contributed by atoms with Crippen molar-refractivity contribution in [1.82, 2.24) is 9.78 Å². The molecule has 88 valence electrons. The van der Waals surface area contributed by atoms with Gasteiger partial charge in [0, 0.05) is 5.69 Å². The third-order valence-corrected chi connectivity index (χ3v) is 2.38. The third-order valence-electron chi connectivity index (χ3n) is 2.38. The quantitative estimate of drug-likeness (QED) is 0.800. The molecule has 0 bridgehead atoms. The van der Waals surface area contributed by atoms with Crippen molar-refractivity contribution in [1.29, 1.82) is 0 Å². The van der Waals surface area contributed by atoms with E-state index in [-0.39, 0.29) is 11.4 Å². The molecule has 1 aromatic carbocycles. The van der Waals surface area contributed by atoms with Gasteiger partial charge in [-0.1, -0.05) is 0 Å². The Balaban J connectivity index is 2.42. The van der Waals surface area contributed by atoms with Crippen molar-refractivity contribution in [3.63, 3.8) is 0 Å². The lowest BCUT2D eigenvalue weighted by atomic mass is 10.3. The van der Waals surface area contributed by atoms with Crippen molar-refractivity contribution in [2.24, 2.45) is 0 Å². The van der Waals surface area contributed by atoms with E-state index in [4.69, 9.17) is 0 Å². The van der Waals surface area contributed by atoms with Crippen molar-refractivity contribution in [2.75, 3.05) is 7.11 Å². The average Bonchev–Trinajstić information content (AvgIpc) is 2.71. The number of phenols is 1. The third kappa shape index (κ3) is 2.13. The van der Waals surface area contributed by atoms with Crippen molar-refractivity contribution in [3.8, 4) is 11.4 Å². The number of hydrogen-bond acceptors (Lipinski definition) is 4. The van der Waals surface area contributed by atoms with E-state index < -0.39 is 5.97 Å². The fraction of sp³-hybridized carbons (Fsp3) is 0.167. The molecule has 1 aromatic heterocycles. The highest BCUT2D eigenvalue weighted by molar-refractivity contribution is 5.87. The summed E-state index contributed by atoms with van der Waals surface area (Å²) < 4.78 is 6.22. The summed E-state index contributed by atoms with van der Waals surface area (Å²) in [6, 6.07) is 8.22. The van der Waals surface area contributed by atoms with E-state index in [2.05, 4.69) is 9.84 Å². The first-order chi connectivity index (χ1) is 8.11. The zero-order valence-corrected chi connectivity index (χ0v) is 9.54. The van der Waals surface area contributed by atoms with Crippen LogP contribution in [0.25, 0.3) is 5.69 Å². The summed E-state index contributed by atoms with van der Waals surface area (Å²) in [4.78, 5) is 11.3. The van der Waals surface area contributed by atoms with Gasteiger partial charge in [0.25, 0.3) is 0 Å². The summed E-state index contributed by atoms with van der Waals surface area (Å²) in [5.41, 5.74) is 1.85. The molecule has 1 heterocycles. The molecule has 5 nitrogen and oxygen atoms in total. The second-order valence-corrected chi connectivity index (χ2v) is 3.59. The number of hydrogen-bond donors (Lipinski definition) is 1. The van der Waals surface area contributed by atoms with Gasteiger partial charge < -0.3 is 9.84 Å². The van der Waals surface area contributed by atoms with Crippen molar-refractivity contribution < 1.29 is 14.6 Å². The Labute approximate surface area is 98.3 Å². The molecule has 0 radical (unpaired) electrons. The summed E-state index contributed by atoms with van der Waals surface area (Å²) in [5, 5.41) is 13.3. The number of phenolic OH excluding ortho intramolecular Hbond substituents is 1. The highest BCUT2D eigenvalue weighted by atomic mass is 16.5. The van der Waals surface area contributed by atoms with Crippen LogP contribution in [0, 0.1) is 6.92 Å². The Morgan fingerprint density at radius 3 is 2.59 bits per heavy atom. The fourth-order valence-corrected chi connectivity index (χ4v) is 1.53. The molecule has 0 aliphatic heterocycles. The number of aromatic hydroxyl groups is 1. The summed E-state index contributed by atoms with van der Waals surface area (Å²) in [5.74, 6) is -0.280. The maximum Gasteiger partial charge on any atom is 0.358 e. The summed E-state index contributed by atoms with van der Waals surface area (Å²) >= 11 is 0. The van der Waals surface area contributed by atoms with Gasteiger partial charge in [-0.2, -0.15) is 5.10 Å². The van der Waals surface area contributed by atoms with Gasteiger partial charge in [0.05, 0.1) is 12.8 Å². The Hall–Kier alpha value is -2.30. The summed E-state index contributed by atoms with van der Waals surface area (Å²) in [7, 11) is 1.32. The Kier molecular flexibility index (Phi) is 2.82. The van der Waals surface area contributed by atoms with Crippen LogP contribution in [0.4, 0.5) is 0 Å². The monoisotopic (exact) mass is 232 g/mol. The molecule has 2 rings (SSSR count). The minimum absolute atomic E-state index is 0.187. The van der Waals surface area contributed by atoms with E-state index in [0.717, 1.165) is 11.4 Å². The molecule has 2 aromatic rings. The van der Waals surface area contributed by atoms with Gasteiger partial charge in [-0.15, -0.1) is 0 Å². The van der Waals surface area contributed by atoms with Crippen LogP contribution in [0.1, 0.15) is 16.2 Å². The first-order valence-electron chi connectivity index (χ1n) is 5.06. The maximum atomic E-state index is 11.3. The van der Waals surface area contributed by atoms with Crippen molar-refractivity contribution >= 4 is 5.97 Å². The van der Waals surface area contributed by atoms with Crippen LogP contribution in [0.5, 0.6) is 5.75 Å². The molecule has 0 aliphatic carbocycles. The fourth-order valence-electron chi connectivity index (χ4n) is 1.53. The molecule has 1 N–H and O–H groups in total. The molecule has 17 heavy (non-hydrogen) atoms. The molecule has 0 atom stereocenters. The summed E-state index contributed by atoms with van der Waals surface area (Å²) in [6.07, 6.45) is 0. The van der Waals surface area contributed by atoms with Gasteiger partial charge in [0.15, 0.2) is 5.69 Å². The van der Waals surface area contributed by atoms with Gasteiger partial charge in [-0.3, -0.25) is 0 Å². The number of aryl methyl sites for hydroxylation is 1. The zero-order valence-electron chi connectivity index (χ0n) is 9.54. The normalized spacial score (nSPS) is 10.2. The number of aromatic nitrogens is 2. The van der Waals surface area contributed by atoms with Crippen molar-refractivity contribution in [3.05, 3.63) is 41.7 Å². The van der Waals surface area contributed by atoms with E-state index in [0.29, 0.717) is 0 Å².